The maximum Gasteiger partial charge on any atom is 0.249 e. The summed E-state index contributed by atoms with van der Waals surface area (Å²) in [6, 6.07) is 13.3. The highest BCUT2D eigenvalue weighted by Crippen LogP contribution is 2.24. The van der Waals surface area contributed by atoms with Gasteiger partial charge in [0.2, 0.25) is 5.95 Å². The Morgan fingerprint density at radius 1 is 1.00 bits per heavy atom. The molecule has 0 aliphatic rings. The molecule has 0 bridgehead atoms. The molecule has 1 heterocycles. The molecule has 0 saturated heterocycles. The molecule has 7 heteroatoms. The Balaban J connectivity index is 1.79. The van der Waals surface area contributed by atoms with Crippen LogP contribution in [0.2, 0.25) is 5.02 Å². The highest BCUT2D eigenvalue weighted by Gasteiger charge is 2.04. The van der Waals surface area contributed by atoms with Crippen molar-refractivity contribution in [1.82, 2.24) is 15.2 Å². The van der Waals surface area contributed by atoms with Gasteiger partial charge in [-0.3, -0.25) is 0 Å². The van der Waals surface area contributed by atoms with Crippen LogP contribution in [-0.4, -0.2) is 15.2 Å². The minimum atomic E-state index is -0.344. The first-order valence-corrected chi connectivity index (χ1v) is 6.82. The number of halogens is 2. The lowest BCUT2D eigenvalue weighted by Gasteiger charge is -2.08. The van der Waals surface area contributed by atoms with E-state index in [1.807, 2.05) is 18.2 Å². The maximum atomic E-state index is 13.2. The summed E-state index contributed by atoms with van der Waals surface area (Å²) in [6.07, 6.45) is 1.47. The molecule has 5 nitrogen and oxygen atoms in total. The lowest BCUT2D eigenvalue weighted by molar-refractivity contribution is 0.628. The Morgan fingerprint density at radius 3 is 2.68 bits per heavy atom. The van der Waals surface area contributed by atoms with Crippen molar-refractivity contribution in [3.63, 3.8) is 0 Å². The molecule has 0 atom stereocenters. The lowest BCUT2D eigenvalue weighted by atomic mass is 10.3. The van der Waals surface area contributed by atoms with E-state index in [1.54, 1.807) is 18.2 Å². The van der Waals surface area contributed by atoms with E-state index < -0.39 is 0 Å². The smallest absolute Gasteiger partial charge is 0.249 e. The predicted molar refractivity (Wildman–Crippen MR) is 84.2 cm³/mol. The molecular weight excluding hydrogens is 305 g/mol. The molecule has 0 fully saturated rings. The van der Waals surface area contributed by atoms with Crippen LogP contribution in [0.25, 0.3) is 0 Å². The molecule has 0 saturated carbocycles. The summed E-state index contributed by atoms with van der Waals surface area (Å²) >= 11 is 6.08. The fraction of sp³-hybridized carbons (Fsp3) is 0. The molecule has 3 rings (SSSR count). The van der Waals surface area contributed by atoms with Gasteiger partial charge in [0.1, 0.15) is 5.82 Å². The molecule has 2 aromatic carbocycles. The summed E-state index contributed by atoms with van der Waals surface area (Å²) in [4.78, 5) is 4.26. The van der Waals surface area contributed by atoms with Crippen molar-refractivity contribution in [3.05, 3.63) is 65.6 Å². The minimum Gasteiger partial charge on any atom is -0.338 e. The maximum absolute atomic E-state index is 13.2. The van der Waals surface area contributed by atoms with E-state index in [0.717, 1.165) is 0 Å². The van der Waals surface area contributed by atoms with Crippen molar-refractivity contribution in [1.29, 1.82) is 0 Å². The average Bonchev–Trinajstić information content (AvgIpc) is 2.50. The van der Waals surface area contributed by atoms with Crippen molar-refractivity contribution >= 4 is 34.7 Å². The van der Waals surface area contributed by atoms with Crippen LogP contribution in [0.4, 0.5) is 27.5 Å². The summed E-state index contributed by atoms with van der Waals surface area (Å²) < 4.78 is 13.2. The number of hydrogen-bond donors (Lipinski definition) is 2. The molecule has 22 heavy (non-hydrogen) atoms. The highest BCUT2D eigenvalue weighted by molar-refractivity contribution is 6.33. The van der Waals surface area contributed by atoms with Gasteiger partial charge >= 0.3 is 0 Å². The minimum absolute atomic E-state index is 0.252. The van der Waals surface area contributed by atoms with Crippen LogP contribution in [0.1, 0.15) is 0 Å². The van der Waals surface area contributed by atoms with E-state index in [-0.39, 0.29) is 11.8 Å². The number of nitrogens with zero attached hydrogens (tertiary/aromatic N) is 3. The third-order valence-corrected chi connectivity index (χ3v) is 3.11. The second kappa shape index (κ2) is 6.36. The van der Waals surface area contributed by atoms with Crippen molar-refractivity contribution in [3.8, 4) is 0 Å². The number of hydrogen-bond acceptors (Lipinski definition) is 5. The molecule has 3 aromatic rings. The zero-order valence-electron chi connectivity index (χ0n) is 11.3. The van der Waals surface area contributed by atoms with E-state index in [0.29, 0.717) is 22.2 Å². The van der Waals surface area contributed by atoms with E-state index in [9.17, 15) is 4.39 Å². The molecule has 0 aliphatic carbocycles. The highest BCUT2D eigenvalue weighted by atomic mass is 35.5. The second-order valence-electron chi connectivity index (χ2n) is 4.41. The molecule has 0 aliphatic heterocycles. The van der Waals surface area contributed by atoms with Gasteiger partial charge < -0.3 is 10.6 Å². The molecular formula is C15H11ClFN5. The number of rotatable bonds is 4. The third-order valence-electron chi connectivity index (χ3n) is 2.78. The summed E-state index contributed by atoms with van der Waals surface area (Å²) in [7, 11) is 0. The van der Waals surface area contributed by atoms with Crippen molar-refractivity contribution in [2.75, 3.05) is 10.6 Å². The first kappa shape index (κ1) is 14.2. The van der Waals surface area contributed by atoms with Gasteiger partial charge in [-0.25, -0.2) is 4.39 Å². The SMILES string of the molecule is Fc1cccc(Nc2nncc(Nc3ccccc3Cl)n2)c1. The van der Waals surface area contributed by atoms with E-state index in [2.05, 4.69) is 25.8 Å². The van der Waals surface area contributed by atoms with Crippen LogP contribution in [0, 0.1) is 5.82 Å². The van der Waals surface area contributed by atoms with Crippen molar-refractivity contribution < 1.29 is 4.39 Å². The number of anilines is 4. The molecule has 0 amide bonds. The van der Waals surface area contributed by atoms with Gasteiger partial charge in [0.05, 0.1) is 16.9 Å². The molecule has 0 radical (unpaired) electrons. The Hall–Kier alpha value is -2.73. The molecule has 1 aromatic heterocycles. The Morgan fingerprint density at radius 2 is 1.86 bits per heavy atom. The average molecular weight is 316 g/mol. The van der Waals surface area contributed by atoms with E-state index in [4.69, 9.17) is 11.6 Å². The fourth-order valence-corrected chi connectivity index (χ4v) is 2.00. The van der Waals surface area contributed by atoms with Crippen LogP contribution >= 0.6 is 11.6 Å². The summed E-state index contributed by atoms with van der Waals surface area (Å²) in [5.74, 6) is 0.382. The van der Waals surface area contributed by atoms with Crippen LogP contribution in [0.3, 0.4) is 0 Å². The normalized spacial score (nSPS) is 10.3. The largest absolute Gasteiger partial charge is 0.338 e. The van der Waals surface area contributed by atoms with Crippen molar-refractivity contribution in [2.45, 2.75) is 0 Å². The van der Waals surface area contributed by atoms with Gasteiger partial charge in [-0.2, -0.15) is 10.1 Å². The first-order chi connectivity index (χ1) is 10.7. The number of aromatic nitrogens is 3. The van der Waals surface area contributed by atoms with E-state index in [1.165, 1.54) is 18.3 Å². The van der Waals surface area contributed by atoms with Crippen LogP contribution in [0.5, 0.6) is 0 Å². The quantitative estimate of drug-likeness (QED) is 0.757. The van der Waals surface area contributed by atoms with Crippen LogP contribution < -0.4 is 10.6 Å². The number of nitrogens with one attached hydrogen (secondary N) is 2. The van der Waals surface area contributed by atoms with Gasteiger partial charge in [-0.1, -0.05) is 29.8 Å². The monoisotopic (exact) mass is 315 g/mol. The molecule has 110 valence electrons. The third kappa shape index (κ3) is 3.48. The zero-order chi connectivity index (χ0) is 15.4. The Kier molecular flexibility index (Phi) is 4.11. The molecule has 2 N–H and O–H groups in total. The molecule has 0 unspecified atom stereocenters. The van der Waals surface area contributed by atoms with Gasteiger partial charge in [-0.15, -0.1) is 5.10 Å². The van der Waals surface area contributed by atoms with Crippen LogP contribution in [-0.2, 0) is 0 Å². The van der Waals surface area contributed by atoms with Crippen LogP contribution in [0.15, 0.2) is 54.7 Å². The zero-order valence-corrected chi connectivity index (χ0v) is 12.0. The van der Waals surface area contributed by atoms with Gasteiger partial charge in [0.25, 0.3) is 0 Å². The topological polar surface area (TPSA) is 62.7 Å². The van der Waals surface area contributed by atoms with Crippen molar-refractivity contribution in [2.24, 2.45) is 0 Å². The number of para-hydroxylation sites is 1. The number of benzene rings is 2. The second-order valence-corrected chi connectivity index (χ2v) is 4.81. The van der Waals surface area contributed by atoms with Gasteiger partial charge in [-0.05, 0) is 30.3 Å². The summed E-state index contributed by atoms with van der Waals surface area (Å²) in [5.41, 5.74) is 1.25. The Labute approximate surface area is 131 Å². The predicted octanol–water partition coefficient (Wildman–Crippen LogP) is 4.15. The van der Waals surface area contributed by atoms with Gasteiger partial charge in [0, 0.05) is 5.69 Å². The lowest BCUT2D eigenvalue weighted by Crippen LogP contribution is -2.02. The standard InChI is InChI=1S/C15H11ClFN5/c16-12-6-1-2-7-13(12)20-14-9-18-22-15(21-14)19-11-5-3-4-10(17)8-11/h1-9H,(H2,19,20,21,22). The van der Waals surface area contributed by atoms with E-state index >= 15 is 0 Å². The Bertz CT molecular complexity index is 796. The fourth-order valence-electron chi connectivity index (χ4n) is 1.81. The first-order valence-electron chi connectivity index (χ1n) is 6.44. The molecule has 0 spiro atoms. The summed E-state index contributed by atoms with van der Waals surface area (Å²) in [5, 5.41) is 14.2. The van der Waals surface area contributed by atoms with Gasteiger partial charge in [0.15, 0.2) is 5.82 Å². The summed E-state index contributed by atoms with van der Waals surface area (Å²) in [6.45, 7) is 0.